The first-order valence-corrected chi connectivity index (χ1v) is 13.5. The number of sulfone groups is 1. The third-order valence-electron chi connectivity index (χ3n) is 6.28. The molecule has 0 unspecified atom stereocenters. The lowest BCUT2D eigenvalue weighted by atomic mass is 9.99. The van der Waals surface area contributed by atoms with Gasteiger partial charge in [-0.3, -0.25) is 0 Å². The minimum absolute atomic E-state index is 0.365. The Balaban J connectivity index is 1.41. The van der Waals surface area contributed by atoms with Crippen LogP contribution in [0.5, 0.6) is 0 Å². The summed E-state index contributed by atoms with van der Waals surface area (Å²) >= 11 is 3.48. The van der Waals surface area contributed by atoms with Gasteiger partial charge in [0.05, 0.1) is 9.79 Å². The minimum atomic E-state index is -3.49. The van der Waals surface area contributed by atoms with Gasteiger partial charge in [-0.1, -0.05) is 70.5 Å². The lowest BCUT2D eigenvalue weighted by Gasteiger charge is -2.25. The van der Waals surface area contributed by atoms with Crippen molar-refractivity contribution in [3.63, 3.8) is 0 Å². The summed E-state index contributed by atoms with van der Waals surface area (Å²) in [6.45, 7) is 0. The van der Waals surface area contributed by atoms with Crippen LogP contribution in [0.1, 0.15) is 0 Å². The van der Waals surface area contributed by atoms with E-state index in [0.717, 1.165) is 43.8 Å². The molecule has 6 rings (SSSR count). The van der Waals surface area contributed by atoms with Crippen LogP contribution in [-0.2, 0) is 9.84 Å². The van der Waals surface area contributed by atoms with Crippen LogP contribution in [0, 0.1) is 0 Å². The second kappa shape index (κ2) is 8.52. The van der Waals surface area contributed by atoms with Crippen LogP contribution in [0.25, 0.3) is 22.3 Å². The molecule has 0 aromatic heterocycles. The molecule has 5 aromatic carbocycles. The number of anilines is 3. The van der Waals surface area contributed by atoms with Gasteiger partial charge in [0.25, 0.3) is 0 Å². The Morgan fingerprint density at radius 2 is 1.00 bits per heavy atom. The van der Waals surface area contributed by atoms with Gasteiger partial charge in [-0.05, 0) is 77.9 Å². The number of hydrogen-bond donors (Lipinski definition) is 0. The van der Waals surface area contributed by atoms with Crippen molar-refractivity contribution in [2.45, 2.75) is 9.79 Å². The third kappa shape index (κ3) is 3.77. The highest BCUT2D eigenvalue weighted by Gasteiger charge is 2.33. The molecule has 0 bridgehead atoms. The normalized spacial score (nSPS) is 13.2. The van der Waals surface area contributed by atoms with E-state index in [4.69, 9.17) is 0 Å². The predicted octanol–water partition coefficient (Wildman–Crippen LogP) is 8.40. The van der Waals surface area contributed by atoms with Crippen molar-refractivity contribution in [2.24, 2.45) is 0 Å². The van der Waals surface area contributed by atoms with Gasteiger partial charge >= 0.3 is 0 Å². The van der Waals surface area contributed by atoms with Gasteiger partial charge in [-0.15, -0.1) is 0 Å². The molecular weight excluding hydrogens is 518 g/mol. The van der Waals surface area contributed by atoms with Gasteiger partial charge in [0.15, 0.2) is 0 Å². The minimum Gasteiger partial charge on any atom is -0.311 e. The Kier molecular flexibility index (Phi) is 5.32. The number of fused-ring (bicyclic) bond motifs is 3. The number of para-hydroxylation sites is 2. The molecule has 0 fully saturated rings. The molecule has 5 heteroatoms. The number of nitrogens with zero attached hydrogens (tertiary/aromatic N) is 1. The maximum Gasteiger partial charge on any atom is 0.207 e. The lowest BCUT2D eigenvalue weighted by molar-refractivity contribution is 0.598. The largest absolute Gasteiger partial charge is 0.311 e. The molecule has 170 valence electrons. The van der Waals surface area contributed by atoms with Crippen LogP contribution < -0.4 is 4.90 Å². The molecule has 1 aliphatic rings. The van der Waals surface area contributed by atoms with E-state index in [-0.39, 0.29) is 0 Å². The van der Waals surface area contributed by atoms with Gasteiger partial charge in [-0.25, -0.2) is 8.42 Å². The average Bonchev–Trinajstić information content (AvgIpc) is 3.11. The molecule has 1 heterocycles. The molecule has 0 atom stereocenters. The van der Waals surface area contributed by atoms with Crippen LogP contribution in [0.2, 0.25) is 0 Å². The van der Waals surface area contributed by atoms with E-state index in [2.05, 4.69) is 69.4 Å². The van der Waals surface area contributed by atoms with Crippen molar-refractivity contribution in [3.05, 3.63) is 126 Å². The first-order chi connectivity index (χ1) is 17.0. The highest BCUT2D eigenvalue weighted by Crippen LogP contribution is 2.45. The smallest absolute Gasteiger partial charge is 0.207 e. The summed E-state index contributed by atoms with van der Waals surface area (Å²) in [5, 5.41) is 0. The monoisotopic (exact) mass is 537 g/mol. The maximum absolute atomic E-state index is 13.0. The Labute approximate surface area is 213 Å². The zero-order valence-corrected chi connectivity index (χ0v) is 21.0. The lowest BCUT2D eigenvalue weighted by Crippen LogP contribution is -2.09. The Bertz CT molecular complexity index is 1610. The quantitative estimate of drug-likeness (QED) is 0.226. The van der Waals surface area contributed by atoms with E-state index in [0.29, 0.717) is 9.79 Å². The van der Waals surface area contributed by atoms with Crippen LogP contribution >= 0.6 is 15.9 Å². The topological polar surface area (TPSA) is 37.4 Å². The van der Waals surface area contributed by atoms with Gasteiger partial charge in [-0.2, -0.15) is 0 Å². The highest BCUT2D eigenvalue weighted by molar-refractivity contribution is 9.10. The molecule has 3 nitrogen and oxygen atoms in total. The molecule has 0 saturated carbocycles. The van der Waals surface area contributed by atoms with Crippen LogP contribution in [0.4, 0.5) is 17.1 Å². The number of halogens is 1. The standard InChI is InChI=1S/C30H20BrNO2S/c31-23-14-18-30-28(20-23)27-19-22(13-17-29(27)35(30,33)34)21-11-15-26(16-12-21)32(24-7-3-1-4-8-24)25-9-5-2-6-10-25/h1-20H. The van der Waals surface area contributed by atoms with Crippen molar-refractivity contribution in [1.29, 1.82) is 0 Å². The third-order valence-corrected chi connectivity index (χ3v) is 8.64. The van der Waals surface area contributed by atoms with Gasteiger partial charge in [0.2, 0.25) is 9.84 Å². The molecular formula is C30H20BrNO2S. The first kappa shape index (κ1) is 21.8. The fraction of sp³-hybridized carbons (Fsp3) is 0. The molecule has 0 aliphatic carbocycles. The van der Waals surface area contributed by atoms with Gasteiger partial charge < -0.3 is 4.90 Å². The Morgan fingerprint density at radius 3 is 1.60 bits per heavy atom. The fourth-order valence-electron chi connectivity index (χ4n) is 4.62. The molecule has 35 heavy (non-hydrogen) atoms. The number of benzene rings is 5. The van der Waals surface area contributed by atoms with E-state index in [1.165, 1.54) is 0 Å². The van der Waals surface area contributed by atoms with E-state index < -0.39 is 9.84 Å². The summed E-state index contributed by atoms with van der Waals surface area (Å²) in [5.74, 6) is 0. The van der Waals surface area contributed by atoms with Crippen LogP contribution in [0.15, 0.2) is 136 Å². The molecule has 5 aromatic rings. The van der Waals surface area contributed by atoms with Crippen molar-refractivity contribution >= 4 is 42.8 Å². The number of hydrogen-bond acceptors (Lipinski definition) is 3. The molecule has 0 spiro atoms. The molecule has 0 radical (unpaired) electrons. The highest BCUT2D eigenvalue weighted by atomic mass is 79.9. The van der Waals surface area contributed by atoms with E-state index in [9.17, 15) is 8.42 Å². The zero-order valence-electron chi connectivity index (χ0n) is 18.6. The van der Waals surface area contributed by atoms with Crippen LogP contribution in [-0.4, -0.2) is 8.42 Å². The summed E-state index contributed by atoms with van der Waals surface area (Å²) in [4.78, 5) is 2.95. The molecule has 1 aliphatic heterocycles. The SMILES string of the molecule is O=S1(=O)c2ccc(Br)cc2-c2cc(-c3ccc(N(c4ccccc4)c4ccccc4)cc3)ccc21. The first-order valence-electron chi connectivity index (χ1n) is 11.2. The summed E-state index contributed by atoms with van der Waals surface area (Å²) in [5.41, 5.74) is 6.70. The molecule has 0 amide bonds. The van der Waals surface area contributed by atoms with Crippen molar-refractivity contribution in [1.82, 2.24) is 0 Å². The Morgan fingerprint density at radius 1 is 0.514 bits per heavy atom. The Hall–Kier alpha value is -3.67. The predicted molar refractivity (Wildman–Crippen MR) is 145 cm³/mol. The van der Waals surface area contributed by atoms with E-state index in [1.807, 2.05) is 54.6 Å². The summed E-state index contributed by atoms with van der Waals surface area (Å²) in [6, 6.07) is 39.8. The maximum atomic E-state index is 13.0. The second-order valence-corrected chi connectivity index (χ2v) is 11.2. The van der Waals surface area contributed by atoms with Gasteiger partial charge in [0.1, 0.15) is 0 Å². The summed E-state index contributed by atoms with van der Waals surface area (Å²) in [6.07, 6.45) is 0. The molecule has 0 N–H and O–H groups in total. The zero-order chi connectivity index (χ0) is 24.0. The summed E-state index contributed by atoms with van der Waals surface area (Å²) < 4.78 is 26.9. The summed E-state index contributed by atoms with van der Waals surface area (Å²) in [7, 11) is -3.49. The van der Waals surface area contributed by atoms with Crippen molar-refractivity contribution in [3.8, 4) is 22.3 Å². The van der Waals surface area contributed by atoms with E-state index >= 15 is 0 Å². The van der Waals surface area contributed by atoms with Gasteiger partial charge in [0, 0.05) is 32.7 Å². The fourth-order valence-corrected chi connectivity index (χ4v) is 6.63. The van der Waals surface area contributed by atoms with Crippen molar-refractivity contribution in [2.75, 3.05) is 4.90 Å². The van der Waals surface area contributed by atoms with Crippen LogP contribution in [0.3, 0.4) is 0 Å². The number of rotatable bonds is 4. The second-order valence-electron chi connectivity index (χ2n) is 8.41. The molecule has 0 saturated heterocycles. The van der Waals surface area contributed by atoms with Crippen molar-refractivity contribution < 1.29 is 8.42 Å². The average molecular weight is 538 g/mol. The van der Waals surface area contributed by atoms with E-state index in [1.54, 1.807) is 18.2 Å².